The molecule has 0 spiro atoms. The van der Waals surface area contributed by atoms with Gasteiger partial charge in [0.2, 0.25) is 17.4 Å². The second kappa shape index (κ2) is 18.7. The van der Waals surface area contributed by atoms with Crippen molar-refractivity contribution < 1.29 is 43.2 Å². The number of carbonyl (C=O) groups is 1. The van der Waals surface area contributed by atoms with Gasteiger partial charge >= 0.3 is 0 Å². The van der Waals surface area contributed by atoms with E-state index in [1.807, 2.05) is 52.4 Å². The highest BCUT2D eigenvalue weighted by Gasteiger charge is 2.32. The molecule has 4 rings (SSSR count). The Balaban J connectivity index is 1.42. The molecule has 2 saturated heterocycles. The number of piperazine rings is 1. The van der Waals surface area contributed by atoms with Crippen LogP contribution >= 0.6 is 0 Å². The molecule has 1 unspecified atom stereocenters. The Kier molecular flexibility index (Phi) is 14.2. The van der Waals surface area contributed by atoms with Gasteiger partial charge in [-0.05, 0) is 41.5 Å². The van der Waals surface area contributed by atoms with Crippen LogP contribution in [-0.4, -0.2) is 132 Å². The lowest BCUT2D eigenvalue weighted by Gasteiger charge is -2.44. The van der Waals surface area contributed by atoms with Gasteiger partial charge in [-0.1, -0.05) is 30.4 Å². The van der Waals surface area contributed by atoms with Crippen LogP contribution in [0.1, 0.15) is 11.1 Å². The summed E-state index contributed by atoms with van der Waals surface area (Å²) in [5.41, 5.74) is 1.67. The Labute approximate surface area is 288 Å². The van der Waals surface area contributed by atoms with Gasteiger partial charge in [0.1, 0.15) is 0 Å². The van der Waals surface area contributed by atoms with E-state index in [0.29, 0.717) is 73.9 Å². The molecule has 1 N–H and O–H groups in total. The molecule has 266 valence electrons. The summed E-state index contributed by atoms with van der Waals surface area (Å²) in [5.74, 6) is 3.14. The molecule has 49 heavy (non-hydrogen) atoms. The van der Waals surface area contributed by atoms with Crippen molar-refractivity contribution >= 4 is 18.1 Å². The van der Waals surface area contributed by atoms with Crippen LogP contribution in [0.3, 0.4) is 0 Å². The van der Waals surface area contributed by atoms with E-state index in [0.717, 1.165) is 29.4 Å². The number of nitrogens with zero attached hydrogens (tertiary/aromatic N) is 4. The molecule has 2 aliphatic rings. The van der Waals surface area contributed by atoms with Gasteiger partial charge in [-0.3, -0.25) is 14.9 Å². The molecule has 1 amide bonds. The van der Waals surface area contributed by atoms with Crippen molar-refractivity contribution in [2.45, 2.75) is 6.04 Å². The highest BCUT2D eigenvalue weighted by atomic mass is 16.6. The van der Waals surface area contributed by atoms with Gasteiger partial charge in [0, 0.05) is 51.5 Å². The number of hydrogen-bond donors (Lipinski definition) is 1. The topological polar surface area (TPSA) is 115 Å². The number of amides is 1. The Hall–Kier alpha value is -4.69. The molecule has 2 aromatic rings. The van der Waals surface area contributed by atoms with Crippen molar-refractivity contribution in [2.75, 3.05) is 95.1 Å². The maximum atomic E-state index is 13.5. The van der Waals surface area contributed by atoms with Gasteiger partial charge < -0.3 is 38.1 Å². The summed E-state index contributed by atoms with van der Waals surface area (Å²) in [7, 11) is 9.40. The van der Waals surface area contributed by atoms with E-state index in [1.165, 1.54) is 0 Å². The first-order valence-corrected chi connectivity index (χ1v) is 16.0. The minimum atomic E-state index is -0.152. The highest BCUT2D eigenvalue weighted by Crippen LogP contribution is 2.39. The standard InChI is InChI=1S/C36H48N4O9/c1-43-30-21-27(22-31(44-2)35(30)47-5)11-7-8-13-34(41)39-16-15-38(26-29(39)25-37-17-19-49-20-18-37)40(42)14-10-9-12-28-23-32(45-3)36(48-6)33(24-28)46-4/h7-14,21-24,29,42H,15-20,25-26H2,1-6H3/b11-7+,12-9+,13-8+,14-10+. The predicted molar refractivity (Wildman–Crippen MR) is 187 cm³/mol. The molecule has 2 heterocycles. The molecular formula is C36H48N4O9. The zero-order valence-electron chi connectivity index (χ0n) is 29.2. The van der Waals surface area contributed by atoms with Gasteiger partial charge in [0.05, 0.1) is 61.9 Å². The summed E-state index contributed by atoms with van der Waals surface area (Å²) < 4.78 is 38.1. The SMILES string of the molecule is COc1cc(/C=C/C=C/C(=O)N2CCN(N(O)/C=C/C=C/c3cc(OC)c(OC)c(OC)c3)CC2CN2CCOCC2)cc(OC)c1OC. The fourth-order valence-corrected chi connectivity index (χ4v) is 5.74. The van der Waals surface area contributed by atoms with E-state index >= 15 is 0 Å². The molecule has 0 aromatic heterocycles. The smallest absolute Gasteiger partial charge is 0.246 e. The summed E-state index contributed by atoms with van der Waals surface area (Å²) in [4.78, 5) is 17.6. The molecule has 2 fully saturated rings. The number of ether oxygens (including phenoxy) is 7. The lowest BCUT2D eigenvalue weighted by atomic mass is 10.1. The number of methoxy groups -OCH3 is 6. The van der Waals surface area contributed by atoms with Crippen LogP contribution < -0.4 is 28.4 Å². The Morgan fingerprint density at radius 1 is 0.755 bits per heavy atom. The Bertz CT molecular complexity index is 1450. The maximum Gasteiger partial charge on any atom is 0.246 e. The van der Waals surface area contributed by atoms with Crippen LogP contribution in [0.25, 0.3) is 12.2 Å². The van der Waals surface area contributed by atoms with Gasteiger partial charge in [0.15, 0.2) is 23.0 Å². The summed E-state index contributed by atoms with van der Waals surface area (Å²) in [6.45, 7) is 4.92. The third kappa shape index (κ3) is 9.92. The monoisotopic (exact) mass is 680 g/mol. The molecule has 1 atom stereocenters. The number of hydroxylamine groups is 1. The molecule has 0 bridgehead atoms. The summed E-state index contributed by atoms with van der Waals surface area (Å²) in [6, 6.07) is 7.20. The van der Waals surface area contributed by atoms with E-state index < -0.39 is 0 Å². The molecule has 2 aliphatic heterocycles. The van der Waals surface area contributed by atoms with Crippen molar-refractivity contribution in [3.8, 4) is 34.5 Å². The molecule has 13 nitrogen and oxygen atoms in total. The number of benzene rings is 2. The van der Waals surface area contributed by atoms with Crippen molar-refractivity contribution in [3.05, 3.63) is 72.0 Å². The number of hydrazine groups is 1. The van der Waals surface area contributed by atoms with Crippen molar-refractivity contribution in [2.24, 2.45) is 0 Å². The zero-order chi connectivity index (χ0) is 35.2. The minimum absolute atomic E-state index is 0.0965. The van der Waals surface area contributed by atoms with Crippen LogP contribution in [-0.2, 0) is 9.53 Å². The molecule has 2 aromatic carbocycles. The molecule has 0 aliphatic carbocycles. The number of rotatable bonds is 15. The lowest BCUT2D eigenvalue weighted by Crippen LogP contribution is -2.61. The molecular weight excluding hydrogens is 632 g/mol. The molecule has 0 saturated carbocycles. The number of carbonyl (C=O) groups excluding carboxylic acids is 1. The average molecular weight is 681 g/mol. The van der Waals surface area contributed by atoms with Crippen LogP contribution in [0.15, 0.2) is 60.8 Å². The van der Waals surface area contributed by atoms with Crippen LogP contribution in [0, 0.1) is 0 Å². The molecule has 0 radical (unpaired) electrons. The van der Waals surface area contributed by atoms with Gasteiger partial charge in [-0.2, -0.15) is 10.2 Å². The quantitative estimate of drug-likeness (QED) is 0.167. The summed E-state index contributed by atoms with van der Waals surface area (Å²) >= 11 is 0. The van der Waals surface area contributed by atoms with Crippen LogP contribution in [0.4, 0.5) is 0 Å². The normalized spacial score (nSPS) is 17.7. The number of morpholine rings is 1. The zero-order valence-corrected chi connectivity index (χ0v) is 29.2. The lowest BCUT2D eigenvalue weighted by molar-refractivity contribution is -0.224. The first kappa shape index (κ1) is 37.1. The first-order valence-electron chi connectivity index (χ1n) is 16.0. The molecule has 13 heteroatoms. The van der Waals surface area contributed by atoms with Crippen molar-refractivity contribution in [1.29, 1.82) is 0 Å². The second-order valence-electron chi connectivity index (χ2n) is 11.2. The Morgan fingerprint density at radius 3 is 1.76 bits per heavy atom. The maximum absolute atomic E-state index is 13.5. The fourth-order valence-electron chi connectivity index (χ4n) is 5.74. The van der Waals surface area contributed by atoms with Gasteiger partial charge in [0.25, 0.3) is 0 Å². The number of hydrogen-bond acceptors (Lipinski definition) is 12. The number of allylic oxidation sites excluding steroid dienone is 4. The van der Waals surface area contributed by atoms with Crippen molar-refractivity contribution in [1.82, 2.24) is 20.0 Å². The van der Waals surface area contributed by atoms with Crippen molar-refractivity contribution in [3.63, 3.8) is 0 Å². The Morgan fingerprint density at radius 2 is 1.27 bits per heavy atom. The van der Waals surface area contributed by atoms with Crippen LogP contribution in [0.5, 0.6) is 34.5 Å². The van der Waals surface area contributed by atoms with E-state index in [4.69, 9.17) is 33.2 Å². The summed E-state index contributed by atoms with van der Waals surface area (Å²) in [5, 5.41) is 13.9. The van der Waals surface area contributed by atoms with E-state index in [9.17, 15) is 10.0 Å². The largest absolute Gasteiger partial charge is 0.493 e. The fraction of sp³-hybridized carbons (Fsp3) is 0.417. The predicted octanol–water partition coefficient (Wildman–Crippen LogP) is 3.99. The van der Waals surface area contributed by atoms with E-state index in [-0.39, 0.29) is 11.9 Å². The highest BCUT2D eigenvalue weighted by molar-refractivity contribution is 5.88. The van der Waals surface area contributed by atoms with Gasteiger partial charge in [-0.15, -0.1) is 0 Å². The average Bonchev–Trinajstić information content (AvgIpc) is 3.14. The van der Waals surface area contributed by atoms with Gasteiger partial charge in [-0.25, -0.2) is 0 Å². The van der Waals surface area contributed by atoms with Crippen LogP contribution in [0.2, 0.25) is 0 Å². The first-order chi connectivity index (χ1) is 23.8. The van der Waals surface area contributed by atoms with E-state index in [2.05, 4.69) is 4.90 Å². The summed E-state index contributed by atoms with van der Waals surface area (Å²) in [6.07, 6.45) is 14.0. The third-order valence-corrected chi connectivity index (χ3v) is 8.24. The van der Waals surface area contributed by atoms with E-state index in [1.54, 1.807) is 73.2 Å². The second-order valence-corrected chi connectivity index (χ2v) is 11.2. The third-order valence-electron chi connectivity index (χ3n) is 8.24. The minimum Gasteiger partial charge on any atom is -0.493 e.